The van der Waals surface area contributed by atoms with Crippen molar-refractivity contribution >= 4 is 5.78 Å². The van der Waals surface area contributed by atoms with Gasteiger partial charge < -0.3 is 0 Å². The maximum Gasteiger partial charge on any atom is 0.144 e. The first-order valence-corrected chi connectivity index (χ1v) is 5.96. The van der Waals surface area contributed by atoms with Gasteiger partial charge in [-0.3, -0.25) is 9.78 Å². The zero-order valence-corrected chi connectivity index (χ0v) is 10.7. The van der Waals surface area contributed by atoms with Crippen LogP contribution < -0.4 is 0 Å². The highest BCUT2D eigenvalue weighted by atomic mass is 16.1. The standard InChI is InChI=1S/C14H21NO/c1-5-11-7-8-12(15-10-11)9-13(16)14(3,4)6-2/h7-8,10H,5-6,9H2,1-4H3. The number of aryl methyl sites for hydroxylation is 1. The molecule has 0 aliphatic rings. The molecule has 0 aliphatic heterocycles. The van der Waals surface area contributed by atoms with E-state index in [-0.39, 0.29) is 11.2 Å². The van der Waals surface area contributed by atoms with Crippen molar-refractivity contribution < 1.29 is 4.79 Å². The first-order chi connectivity index (χ1) is 7.49. The largest absolute Gasteiger partial charge is 0.299 e. The predicted molar refractivity (Wildman–Crippen MR) is 66.4 cm³/mol. The van der Waals surface area contributed by atoms with Crippen molar-refractivity contribution in [3.63, 3.8) is 0 Å². The Morgan fingerprint density at radius 1 is 1.31 bits per heavy atom. The topological polar surface area (TPSA) is 30.0 Å². The number of hydrogen-bond donors (Lipinski definition) is 0. The van der Waals surface area contributed by atoms with Crippen LogP contribution >= 0.6 is 0 Å². The molecule has 88 valence electrons. The molecule has 1 aromatic rings. The summed E-state index contributed by atoms with van der Waals surface area (Å²) in [6.45, 7) is 8.14. The Morgan fingerprint density at radius 2 is 2.00 bits per heavy atom. The van der Waals surface area contributed by atoms with Gasteiger partial charge >= 0.3 is 0 Å². The molecule has 0 N–H and O–H groups in total. The van der Waals surface area contributed by atoms with Crippen LogP contribution in [0.4, 0.5) is 0 Å². The number of Topliss-reactive ketones (excluding diaryl/α,β-unsaturated/α-hetero) is 1. The molecule has 0 saturated carbocycles. The molecule has 0 unspecified atom stereocenters. The van der Waals surface area contributed by atoms with Crippen molar-refractivity contribution in [1.82, 2.24) is 4.98 Å². The van der Waals surface area contributed by atoms with E-state index < -0.39 is 0 Å². The molecule has 16 heavy (non-hydrogen) atoms. The zero-order valence-electron chi connectivity index (χ0n) is 10.7. The van der Waals surface area contributed by atoms with Crippen LogP contribution in [0.3, 0.4) is 0 Å². The van der Waals surface area contributed by atoms with Crippen LogP contribution in [0.2, 0.25) is 0 Å². The van der Waals surface area contributed by atoms with Crippen molar-refractivity contribution in [3.8, 4) is 0 Å². The molecule has 0 aliphatic carbocycles. The second kappa shape index (κ2) is 5.24. The average Bonchev–Trinajstić information content (AvgIpc) is 2.30. The minimum Gasteiger partial charge on any atom is -0.299 e. The number of carbonyl (C=O) groups is 1. The second-order valence-corrected chi connectivity index (χ2v) is 4.85. The zero-order chi connectivity index (χ0) is 12.2. The van der Waals surface area contributed by atoms with Gasteiger partial charge in [0.1, 0.15) is 5.78 Å². The lowest BCUT2D eigenvalue weighted by Gasteiger charge is -2.20. The van der Waals surface area contributed by atoms with E-state index in [1.54, 1.807) is 0 Å². The Labute approximate surface area is 98.1 Å². The Kier molecular flexibility index (Phi) is 4.22. The highest BCUT2D eigenvalue weighted by Crippen LogP contribution is 2.22. The van der Waals surface area contributed by atoms with Crippen molar-refractivity contribution in [2.75, 3.05) is 0 Å². The molecule has 2 heteroatoms. The summed E-state index contributed by atoms with van der Waals surface area (Å²) in [5.74, 6) is 0.270. The first kappa shape index (κ1) is 12.9. The Balaban J connectivity index is 2.70. The maximum absolute atomic E-state index is 12.0. The predicted octanol–water partition coefficient (Wildman–Crippen LogP) is 3.19. The number of carbonyl (C=O) groups excluding carboxylic acids is 1. The van der Waals surface area contributed by atoms with Crippen LogP contribution in [-0.4, -0.2) is 10.8 Å². The summed E-state index contributed by atoms with van der Waals surface area (Å²) in [4.78, 5) is 16.3. The third kappa shape index (κ3) is 3.16. The fourth-order valence-corrected chi connectivity index (χ4v) is 1.37. The Hall–Kier alpha value is -1.18. The number of aromatic nitrogens is 1. The van der Waals surface area contributed by atoms with Gasteiger partial charge in [0, 0.05) is 23.7 Å². The number of pyridine rings is 1. The maximum atomic E-state index is 12.0. The summed E-state index contributed by atoms with van der Waals surface area (Å²) < 4.78 is 0. The summed E-state index contributed by atoms with van der Waals surface area (Å²) in [7, 11) is 0. The van der Waals surface area contributed by atoms with Crippen LogP contribution in [0.1, 0.15) is 45.4 Å². The molecular weight excluding hydrogens is 198 g/mol. The summed E-state index contributed by atoms with van der Waals surface area (Å²) in [6.07, 6.45) is 4.17. The van der Waals surface area contributed by atoms with Crippen LogP contribution in [-0.2, 0) is 17.6 Å². The SMILES string of the molecule is CCc1ccc(CC(=O)C(C)(C)CC)nc1. The van der Waals surface area contributed by atoms with Gasteiger partial charge in [0.25, 0.3) is 0 Å². The Bertz CT molecular complexity index is 352. The molecule has 0 amide bonds. The van der Waals surface area contributed by atoms with Crippen molar-refractivity contribution in [3.05, 3.63) is 29.6 Å². The van der Waals surface area contributed by atoms with E-state index >= 15 is 0 Å². The minimum atomic E-state index is -0.231. The smallest absolute Gasteiger partial charge is 0.144 e. The Morgan fingerprint density at radius 3 is 2.44 bits per heavy atom. The minimum absolute atomic E-state index is 0.231. The van der Waals surface area contributed by atoms with E-state index in [9.17, 15) is 4.79 Å². The fraction of sp³-hybridized carbons (Fsp3) is 0.571. The quantitative estimate of drug-likeness (QED) is 0.761. The number of hydrogen-bond acceptors (Lipinski definition) is 2. The van der Waals surface area contributed by atoms with Gasteiger partial charge in [0.05, 0.1) is 0 Å². The van der Waals surface area contributed by atoms with E-state index in [0.717, 1.165) is 18.5 Å². The molecule has 1 rings (SSSR count). The monoisotopic (exact) mass is 219 g/mol. The van der Waals surface area contributed by atoms with Gasteiger partial charge in [0.15, 0.2) is 0 Å². The lowest BCUT2D eigenvalue weighted by Crippen LogP contribution is -2.25. The lowest BCUT2D eigenvalue weighted by molar-refractivity contribution is -0.126. The number of ketones is 1. The molecule has 0 aromatic carbocycles. The van der Waals surface area contributed by atoms with Crippen LogP contribution in [0.25, 0.3) is 0 Å². The van der Waals surface area contributed by atoms with Gasteiger partial charge in [-0.05, 0) is 24.5 Å². The van der Waals surface area contributed by atoms with E-state index in [1.165, 1.54) is 5.56 Å². The summed E-state index contributed by atoms with van der Waals surface area (Å²) in [6, 6.07) is 4.01. The molecule has 0 radical (unpaired) electrons. The molecule has 0 saturated heterocycles. The molecule has 1 heterocycles. The van der Waals surface area contributed by atoms with Gasteiger partial charge in [0.2, 0.25) is 0 Å². The van der Waals surface area contributed by atoms with Gasteiger partial charge in [-0.1, -0.05) is 33.8 Å². The van der Waals surface area contributed by atoms with E-state index in [1.807, 2.05) is 33.0 Å². The van der Waals surface area contributed by atoms with Gasteiger partial charge in [-0.2, -0.15) is 0 Å². The highest BCUT2D eigenvalue weighted by Gasteiger charge is 2.25. The summed E-state index contributed by atoms with van der Waals surface area (Å²) >= 11 is 0. The third-order valence-corrected chi connectivity index (χ3v) is 3.27. The number of nitrogens with zero attached hydrogens (tertiary/aromatic N) is 1. The number of rotatable bonds is 5. The molecule has 0 spiro atoms. The molecular formula is C14H21NO. The normalized spacial score (nSPS) is 11.5. The summed E-state index contributed by atoms with van der Waals surface area (Å²) in [5.41, 5.74) is 1.86. The molecule has 0 fully saturated rings. The molecule has 1 aromatic heterocycles. The van der Waals surface area contributed by atoms with Crippen molar-refractivity contribution in [1.29, 1.82) is 0 Å². The molecule has 2 nitrogen and oxygen atoms in total. The van der Waals surface area contributed by atoms with Crippen LogP contribution in [0, 0.1) is 5.41 Å². The van der Waals surface area contributed by atoms with Crippen molar-refractivity contribution in [2.45, 2.75) is 47.0 Å². The molecule has 0 atom stereocenters. The van der Waals surface area contributed by atoms with E-state index in [0.29, 0.717) is 6.42 Å². The van der Waals surface area contributed by atoms with Crippen LogP contribution in [0.15, 0.2) is 18.3 Å². The van der Waals surface area contributed by atoms with E-state index in [2.05, 4.69) is 18.0 Å². The van der Waals surface area contributed by atoms with Crippen LogP contribution in [0.5, 0.6) is 0 Å². The summed E-state index contributed by atoms with van der Waals surface area (Å²) in [5, 5.41) is 0. The average molecular weight is 219 g/mol. The van der Waals surface area contributed by atoms with Gasteiger partial charge in [-0.15, -0.1) is 0 Å². The molecule has 0 bridgehead atoms. The highest BCUT2D eigenvalue weighted by molar-refractivity contribution is 5.85. The lowest BCUT2D eigenvalue weighted by atomic mass is 9.83. The van der Waals surface area contributed by atoms with E-state index in [4.69, 9.17) is 0 Å². The third-order valence-electron chi connectivity index (χ3n) is 3.27. The second-order valence-electron chi connectivity index (χ2n) is 4.85. The van der Waals surface area contributed by atoms with Crippen molar-refractivity contribution in [2.24, 2.45) is 5.41 Å². The first-order valence-electron chi connectivity index (χ1n) is 5.96. The van der Waals surface area contributed by atoms with Gasteiger partial charge in [-0.25, -0.2) is 0 Å². The fourth-order valence-electron chi connectivity index (χ4n) is 1.37.